The van der Waals surface area contributed by atoms with Crippen molar-refractivity contribution >= 4 is 5.97 Å². The summed E-state index contributed by atoms with van der Waals surface area (Å²) in [6.07, 6.45) is 4.17. The van der Waals surface area contributed by atoms with E-state index in [0.29, 0.717) is 5.56 Å². The number of carbonyl (C=O) groups excluding carboxylic acids is 1. The monoisotopic (exact) mass is 210 g/mol. The molecule has 1 aromatic rings. The Bertz CT molecular complexity index is 326. The van der Waals surface area contributed by atoms with E-state index in [1.807, 2.05) is 6.92 Å². The second-order valence-corrected chi connectivity index (χ2v) is 3.64. The molecular weight excluding hydrogens is 192 g/mol. The fraction of sp³-hybridized carbons (Fsp3) is 0.583. The van der Waals surface area contributed by atoms with Gasteiger partial charge in [0, 0.05) is 6.42 Å². The van der Waals surface area contributed by atoms with Gasteiger partial charge in [0.25, 0.3) is 0 Å². The summed E-state index contributed by atoms with van der Waals surface area (Å²) in [5, 5.41) is 0. The van der Waals surface area contributed by atoms with Gasteiger partial charge in [0.1, 0.15) is 17.1 Å². The molecule has 0 aliphatic heterocycles. The molecule has 0 unspecified atom stereocenters. The standard InChI is InChI=1S/C12H18O3/c1-4-5-6-7-11-10(12(13)14-3)8-9(2)15-11/h8H,4-7H2,1-3H3. The van der Waals surface area contributed by atoms with Gasteiger partial charge >= 0.3 is 5.97 Å². The van der Waals surface area contributed by atoms with E-state index in [2.05, 4.69) is 6.92 Å². The van der Waals surface area contributed by atoms with Gasteiger partial charge in [-0.1, -0.05) is 19.8 Å². The Morgan fingerprint density at radius 2 is 2.20 bits per heavy atom. The van der Waals surface area contributed by atoms with E-state index in [0.717, 1.165) is 37.2 Å². The first kappa shape index (κ1) is 11.8. The van der Waals surface area contributed by atoms with Gasteiger partial charge in [0.05, 0.1) is 7.11 Å². The Hall–Kier alpha value is -1.25. The molecule has 0 aromatic carbocycles. The lowest BCUT2D eigenvalue weighted by Gasteiger charge is -2.00. The quantitative estimate of drug-likeness (QED) is 0.553. The molecule has 0 saturated carbocycles. The third-order valence-corrected chi connectivity index (χ3v) is 2.34. The van der Waals surface area contributed by atoms with Crippen molar-refractivity contribution in [3.63, 3.8) is 0 Å². The first-order chi connectivity index (χ1) is 7.19. The predicted octanol–water partition coefficient (Wildman–Crippen LogP) is 3.11. The summed E-state index contributed by atoms with van der Waals surface area (Å²) in [6, 6.07) is 1.74. The maximum atomic E-state index is 11.4. The van der Waals surface area contributed by atoms with Crippen LogP contribution in [0.5, 0.6) is 0 Å². The fourth-order valence-corrected chi connectivity index (χ4v) is 1.57. The van der Waals surface area contributed by atoms with Crippen LogP contribution in [-0.4, -0.2) is 13.1 Å². The van der Waals surface area contributed by atoms with Gasteiger partial charge < -0.3 is 9.15 Å². The molecule has 0 fully saturated rings. The molecule has 15 heavy (non-hydrogen) atoms. The molecule has 0 N–H and O–H groups in total. The molecule has 0 aliphatic rings. The van der Waals surface area contributed by atoms with Crippen LogP contribution in [0.2, 0.25) is 0 Å². The third kappa shape index (κ3) is 3.11. The van der Waals surface area contributed by atoms with Crippen molar-refractivity contribution in [3.8, 4) is 0 Å². The largest absolute Gasteiger partial charge is 0.465 e. The van der Waals surface area contributed by atoms with Crippen molar-refractivity contribution in [3.05, 3.63) is 23.2 Å². The number of esters is 1. The summed E-state index contributed by atoms with van der Waals surface area (Å²) >= 11 is 0. The number of hydrogen-bond acceptors (Lipinski definition) is 3. The van der Waals surface area contributed by atoms with Crippen LogP contribution in [0.25, 0.3) is 0 Å². The molecule has 3 heteroatoms. The average Bonchev–Trinajstić information content (AvgIpc) is 2.59. The predicted molar refractivity (Wildman–Crippen MR) is 58.0 cm³/mol. The van der Waals surface area contributed by atoms with Crippen LogP contribution in [0.4, 0.5) is 0 Å². The zero-order valence-corrected chi connectivity index (χ0v) is 9.63. The molecule has 0 amide bonds. The maximum Gasteiger partial charge on any atom is 0.341 e. The second-order valence-electron chi connectivity index (χ2n) is 3.64. The molecular formula is C12H18O3. The number of furan rings is 1. The lowest BCUT2D eigenvalue weighted by atomic mass is 10.1. The highest BCUT2D eigenvalue weighted by atomic mass is 16.5. The van der Waals surface area contributed by atoms with Crippen LogP contribution in [-0.2, 0) is 11.2 Å². The van der Waals surface area contributed by atoms with Gasteiger partial charge in [-0.25, -0.2) is 4.79 Å². The summed E-state index contributed by atoms with van der Waals surface area (Å²) < 4.78 is 10.2. The number of methoxy groups -OCH3 is 1. The number of rotatable bonds is 5. The minimum Gasteiger partial charge on any atom is -0.465 e. The van der Waals surface area contributed by atoms with Crippen molar-refractivity contribution in [1.82, 2.24) is 0 Å². The molecule has 0 atom stereocenters. The molecule has 1 rings (SSSR count). The van der Waals surface area contributed by atoms with Gasteiger partial charge in [-0.3, -0.25) is 0 Å². The first-order valence-electron chi connectivity index (χ1n) is 5.36. The van der Waals surface area contributed by atoms with Crippen LogP contribution >= 0.6 is 0 Å². The smallest absolute Gasteiger partial charge is 0.341 e. The highest BCUT2D eigenvalue weighted by Gasteiger charge is 2.16. The molecule has 84 valence electrons. The number of unbranched alkanes of at least 4 members (excludes halogenated alkanes) is 2. The van der Waals surface area contributed by atoms with Crippen molar-refractivity contribution in [2.45, 2.75) is 39.5 Å². The van der Waals surface area contributed by atoms with Gasteiger partial charge in [0.2, 0.25) is 0 Å². The number of aryl methyl sites for hydroxylation is 2. The number of ether oxygens (including phenoxy) is 1. The van der Waals surface area contributed by atoms with Gasteiger partial charge in [0.15, 0.2) is 0 Å². The Labute approximate surface area is 90.4 Å². The van der Waals surface area contributed by atoms with E-state index in [1.165, 1.54) is 7.11 Å². The third-order valence-electron chi connectivity index (χ3n) is 2.34. The number of hydrogen-bond donors (Lipinski definition) is 0. The van der Waals surface area contributed by atoms with Crippen LogP contribution in [0.1, 0.15) is 48.1 Å². The first-order valence-corrected chi connectivity index (χ1v) is 5.36. The van der Waals surface area contributed by atoms with Gasteiger partial charge in [-0.15, -0.1) is 0 Å². The topological polar surface area (TPSA) is 39.4 Å². The van der Waals surface area contributed by atoms with Crippen LogP contribution in [0.15, 0.2) is 10.5 Å². The number of carbonyl (C=O) groups is 1. The lowest BCUT2D eigenvalue weighted by Crippen LogP contribution is -2.02. The minimum atomic E-state index is -0.307. The Kier molecular flexibility index (Phi) is 4.40. The van der Waals surface area contributed by atoms with E-state index in [1.54, 1.807) is 6.07 Å². The fourth-order valence-electron chi connectivity index (χ4n) is 1.57. The van der Waals surface area contributed by atoms with Crippen molar-refractivity contribution < 1.29 is 13.9 Å². The normalized spacial score (nSPS) is 10.3. The molecule has 1 heterocycles. The van der Waals surface area contributed by atoms with E-state index in [4.69, 9.17) is 9.15 Å². The minimum absolute atomic E-state index is 0.307. The Morgan fingerprint density at radius 3 is 2.80 bits per heavy atom. The average molecular weight is 210 g/mol. The molecule has 0 spiro atoms. The van der Waals surface area contributed by atoms with Crippen LogP contribution < -0.4 is 0 Å². The van der Waals surface area contributed by atoms with Gasteiger partial charge in [-0.2, -0.15) is 0 Å². The highest BCUT2D eigenvalue weighted by Crippen LogP contribution is 2.18. The highest BCUT2D eigenvalue weighted by molar-refractivity contribution is 5.90. The van der Waals surface area contributed by atoms with E-state index in [-0.39, 0.29) is 5.97 Å². The zero-order valence-electron chi connectivity index (χ0n) is 9.63. The lowest BCUT2D eigenvalue weighted by molar-refractivity contribution is 0.0598. The van der Waals surface area contributed by atoms with Gasteiger partial charge in [-0.05, 0) is 19.4 Å². The van der Waals surface area contributed by atoms with Crippen LogP contribution in [0, 0.1) is 6.92 Å². The van der Waals surface area contributed by atoms with Crippen molar-refractivity contribution in [2.75, 3.05) is 7.11 Å². The second kappa shape index (κ2) is 5.59. The zero-order chi connectivity index (χ0) is 11.3. The Balaban J connectivity index is 2.72. The summed E-state index contributed by atoms with van der Waals surface area (Å²) in [7, 11) is 1.39. The van der Waals surface area contributed by atoms with Crippen molar-refractivity contribution in [2.24, 2.45) is 0 Å². The summed E-state index contributed by atoms with van der Waals surface area (Å²) in [4.78, 5) is 11.4. The molecule has 0 radical (unpaired) electrons. The van der Waals surface area contributed by atoms with Crippen LogP contribution in [0.3, 0.4) is 0 Å². The molecule has 0 bridgehead atoms. The van der Waals surface area contributed by atoms with E-state index < -0.39 is 0 Å². The summed E-state index contributed by atoms with van der Waals surface area (Å²) in [6.45, 7) is 3.99. The molecule has 0 aliphatic carbocycles. The van der Waals surface area contributed by atoms with Crippen molar-refractivity contribution in [1.29, 1.82) is 0 Å². The molecule has 0 saturated heterocycles. The van der Waals surface area contributed by atoms with E-state index >= 15 is 0 Å². The Morgan fingerprint density at radius 1 is 1.47 bits per heavy atom. The molecule has 3 nitrogen and oxygen atoms in total. The van der Waals surface area contributed by atoms with E-state index in [9.17, 15) is 4.79 Å². The SMILES string of the molecule is CCCCCc1oc(C)cc1C(=O)OC. The summed E-state index contributed by atoms with van der Waals surface area (Å²) in [5.41, 5.74) is 0.575. The maximum absolute atomic E-state index is 11.4. The summed E-state index contributed by atoms with van der Waals surface area (Å²) in [5.74, 6) is 1.22. The molecule has 1 aromatic heterocycles.